The van der Waals surface area contributed by atoms with Gasteiger partial charge in [-0.1, -0.05) is 60.3 Å². The van der Waals surface area contributed by atoms with Crippen LogP contribution in [0.2, 0.25) is 0 Å². The minimum Gasteiger partial charge on any atom is -0.465 e. The highest BCUT2D eigenvalue weighted by atomic mass is 32.2. The number of aromatic nitrogens is 4. The number of ether oxygens (including phenoxy) is 1. The van der Waals surface area contributed by atoms with E-state index in [9.17, 15) is 4.79 Å². The van der Waals surface area contributed by atoms with Gasteiger partial charge in [0.1, 0.15) is 5.25 Å². The lowest BCUT2D eigenvalue weighted by Gasteiger charge is -2.16. The molecule has 2 aromatic heterocycles. The Hall–Kier alpha value is -3.06. The molecule has 2 aromatic carbocycles. The first-order valence-electron chi connectivity index (χ1n) is 10.2. The summed E-state index contributed by atoms with van der Waals surface area (Å²) < 4.78 is 7.55. The van der Waals surface area contributed by atoms with E-state index in [4.69, 9.17) is 4.74 Å². The van der Waals surface area contributed by atoms with Crippen molar-refractivity contribution in [2.45, 2.75) is 36.2 Å². The molecule has 1 saturated carbocycles. The zero-order chi connectivity index (χ0) is 20.5. The number of aromatic amines is 1. The monoisotopic (exact) mass is 418 g/mol. The Bertz CT molecular complexity index is 1180. The molecule has 0 aliphatic heterocycles. The first kappa shape index (κ1) is 18.9. The van der Waals surface area contributed by atoms with Crippen LogP contribution in [0.4, 0.5) is 0 Å². The maximum Gasteiger partial charge on any atom is 0.324 e. The average Bonchev–Trinajstić information content (AvgIpc) is 3.39. The third-order valence-electron chi connectivity index (χ3n) is 5.23. The first-order chi connectivity index (χ1) is 14.8. The van der Waals surface area contributed by atoms with Gasteiger partial charge >= 0.3 is 5.97 Å². The van der Waals surface area contributed by atoms with E-state index in [-0.39, 0.29) is 5.97 Å². The number of fused-ring (bicyclic) bond motifs is 1. The molecule has 0 bridgehead atoms. The number of hydrogen-bond donors (Lipinski definition) is 1. The molecule has 1 atom stereocenters. The molecule has 0 radical (unpaired) electrons. The quantitative estimate of drug-likeness (QED) is 0.332. The summed E-state index contributed by atoms with van der Waals surface area (Å²) in [6.45, 7) is 2.17. The highest BCUT2D eigenvalue weighted by Gasteiger charge is 2.33. The molecule has 0 unspecified atom stereocenters. The third-order valence-corrected chi connectivity index (χ3v) is 6.42. The molecule has 1 aliphatic rings. The van der Waals surface area contributed by atoms with Crippen molar-refractivity contribution in [1.82, 2.24) is 19.7 Å². The first-order valence-corrected chi connectivity index (χ1v) is 11.0. The van der Waals surface area contributed by atoms with E-state index in [1.807, 2.05) is 55.6 Å². The van der Waals surface area contributed by atoms with Crippen LogP contribution >= 0.6 is 11.8 Å². The van der Waals surface area contributed by atoms with E-state index >= 15 is 0 Å². The Labute approximate surface area is 178 Å². The van der Waals surface area contributed by atoms with Gasteiger partial charge in [-0.25, -0.2) is 0 Å². The van der Waals surface area contributed by atoms with Gasteiger partial charge in [0.25, 0.3) is 0 Å². The minimum absolute atomic E-state index is 0.257. The molecule has 5 rings (SSSR count). The van der Waals surface area contributed by atoms with Crippen molar-refractivity contribution in [1.29, 1.82) is 0 Å². The number of benzene rings is 2. The number of para-hydroxylation sites is 1. The second-order valence-corrected chi connectivity index (χ2v) is 8.39. The molecule has 1 N–H and O–H groups in total. The largest absolute Gasteiger partial charge is 0.465 e. The van der Waals surface area contributed by atoms with Gasteiger partial charge < -0.3 is 9.72 Å². The van der Waals surface area contributed by atoms with Crippen LogP contribution in [0, 0.1) is 0 Å². The number of nitrogens with one attached hydrogen (secondary N) is 1. The highest BCUT2D eigenvalue weighted by molar-refractivity contribution is 8.00. The number of hydrogen-bond acceptors (Lipinski definition) is 5. The van der Waals surface area contributed by atoms with Crippen LogP contribution in [-0.4, -0.2) is 32.3 Å². The smallest absolute Gasteiger partial charge is 0.324 e. The van der Waals surface area contributed by atoms with Gasteiger partial charge in [-0.15, -0.1) is 10.2 Å². The number of rotatable bonds is 7. The molecular formula is C23H22N4O2S. The lowest BCUT2D eigenvalue weighted by Crippen LogP contribution is -2.14. The van der Waals surface area contributed by atoms with Crippen LogP contribution in [-0.2, 0) is 9.53 Å². The lowest BCUT2D eigenvalue weighted by molar-refractivity contribution is -0.142. The average molecular weight is 419 g/mol. The van der Waals surface area contributed by atoms with Gasteiger partial charge in [0.2, 0.25) is 0 Å². The van der Waals surface area contributed by atoms with Gasteiger partial charge in [0.05, 0.1) is 6.61 Å². The summed E-state index contributed by atoms with van der Waals surface area (Å²) in [5, 5.41) is 10.4. The SMILES string of the molecule is CCOC(=O)[C@H](Sc1nnc(-c2c[nH]c3ccccc23)n1C1CC1)c1ccccc1. The van der Waals surface area contributed by atoms with Crippen molar-refractivity contribution in [2.75, 3.05) is 6.61 Å². The van der Waals surface area contributed by atoms with E-state index < -0.39 is 5.25 Å². The molecule has 152 valence electrons. The van der Waals surface area contributed by atoms with Crippen LogP contribution in [0.25, 0.3) is 22.3 Å². The molecule has 1 aliphatic carbocycles. The third kappa shape index (κ3) is 3.50. The van der Waals surface area contributed by atoms with E-state index in [0.717, 1.165) is 45.9 Å². The number of H-pyrrole nitrogens is 1. The summed E-state index contributed by atoms with van der Waals surface area (Å²) in [5.41, 5.74) is 3.00. The Morgan fingerprint density at radius 1 is 1.17 bits per heavy atom. The van der Waals surface area contributed by atoms with Crippen LogP contribution in [0.5, 0.6) is 0 Å². The summed E-state index contributed by atoms with van der Waals surface area (Å²) in [6.07, 6.45) is 4.18. The molecule has 30 heavy (non-hydrogen) atoms. The number of esters is 1. The Morgan fingerprint density at radius 2 is 1.93 bits per heavy atom. The van der Waals surface area contributed by atoms with E-state index in [1.54, 1.807) is 0 Å². The van der Waals surface area contributed by atoms with Gasteiger partial charge in [0.15, 0.2) is 11.0 Å². The molecule has 1 fully saturated rings. The molecule has 0 spiro atoms. The van der Waals surface area contributed by atoms with Crippen molar-refractivity contribution in [3.8, 4) is 11.4 Å². The summed E-state index contributed by atoms with van der Waals surface area (Å²) in [6, 6.07) is 18.3. The predicted octanol–water partition coefficient (Wildman–Crippen LogP) is 5.16. The Balaban J connectivity index is 1.55. The number of carbonyl (C=O) groups is 1. The Morgan fingerprint density at radius 3 is 2.70 bits per heavy atom. The molecule has 0 saturated heterocycles. The topological polar surface area (TPSA) is 72.8 Å². The predicted molar refractivity (Wildman–Crippen MR) is 117 cm³/mol. The maximum absolute atomic E-state index is 12.7. The standard InChI is InChI=1S/C23H22N4O2S/c1-2-29-22(28)20(15-8-4-3-5-9-15)30-23-26-25-21(27(23)16-12-13-16)18-14-24-19-11-7-6-10-17(18)19/h3-11,14,16,20,24H,2,12-13H2,1H3/t20-/m1/s1. The summed E-state index contributed by atoms with van der Waals surface area (Å²) in [7, 11) is 0. The second-order valence-electron chi connectivity index (χ2n) is 7.32. The second kappa shape index (κ2) is 7.99. The number of nitrogens with zero attached hydrogens (tertiary/aromatic N) is 3. The van der Waals surface area contributed by atoms with Crippen LogP contribution in [0.1, 0.15) is 36.6 Å². The van der Waals surface area contributed by atoms with Crippen molar-refractivity contribution in [3.63, 3.8) is 0 Å². The van der Waals surface area contributed by atoms with Crippen molar-refractivity contribution in [2.24, 2.45) is 0 Å². The zero-order valence-corrected chi connectivity index (χ0v) is 17.4. The molecule has 4 aromatic rings. The maximum atomic E-state index is 12.7. The van der Waals surface area contributed by atoms with Crippen molar-refractivity contribution < 1.29 is 9.53 Å². The van der Waals surface area contributed by atoms with Gasteiger partial charge in [-0.2, -0.15) is 0 Å². The van der Waals surface area contributed by atoms with Gasteiger partial charge in [-0.05, 0) is 31.4 Å². The van der Waals surface area contributed by atoms with Crippen LogP contribution in [0.15, 0.2) is 66.0 Å². The molecule has 2 heterocycles. The van der Waals surface area contributed by atoms with Crippen molar-refractivity contribution in [3.05, 3.63) is 66.4 Å². The van der Waals surface area contributed by atoms with Crippen LogP contribution < -0.4 is 0 Å². The summed E-state index contributed by atoms with van der Waals surface area (Å²) >= 11 is 1.41. The highest BCUT2D eigenvalue weighted by Crippen LogP contribution is 2.45. The van der Waals surface area contributed by atoms with E-state index in [0.29, 0.717) is 12.6 Å². The lowest BCUT2D eigenvalue weighted by atomic mass is 10.1. The van der Waals surface area contributed by atoms with Gasteiger partial charge in [0, 0.05) is 28.7 Å². The molecule has 0 amide bonds. The fraction of sp³-hybridized carbons (Fsp3) is 0.261. The van der Waals surface area contributed by atoms with E-state index in [2.05, 4.69) is 31.9 Å². The molecular weight excluding hydrogens is 396 g/mol. The van der Waals surface area contributed by atoms with Crippen molar-refractivity contribution >= 4 is 28.6 Å². The fourth-order valence-corrected chi connectivity index (χ4v) is 4.77. The fourth-order valence-electron chi connectivity index (χ4n) is 3.66. The Kier molecular flexibility index (Phi) is 5.04. The normalized spacial score (nSPS) is 14.7. The summed E-state index contributed by atoms with van der Waals surface area (Å²) in [4.78, 5) is 16.1. The molecule has 7 heteroatoms. The molecule has 6 nitrogen and oxygen atoms in total. The number of carbonyl (C=O) groups excluding carboxylic acids is 1. The van der Waals surface area contributed by atoms with Gasteiger partial charge in [-0.3, -0.25) is 9.36 Å². The summed E-state index contributed by atoms with van der Waals surface area (Å²) in [5.74, 6) is 0.584. The minimum atomic E-state index is -0.483. The zero-order valence-electron chi connectivity index (χ0n) is 16.6. The number of thioether (sulfide) groups is 1. The van der Waals surface area contributed by atoms with E-state index in [1.165, 1.54) is 11.8 Å². The van der Waals surface area contributed by atoms with Crippen LogP contribution in [0.3, 0.4) is 0 Å².